The van der Waals surface area contributed by atoms with E-state index in [2.05, 4.69) is 10.6 Å². The zero-order valence-electron chi connectivity index (χ0n) is 6.35. The van der Waals surface area contributed by atoms with E-state index in [1.807, 2.05) is 11.8 Å². The molecule has 0 bridgehead atoms. The highest BCUT2D eigenvalue weighted by atomic mass is 32.2. The van der Waals surface area contributed by atoms with E-state index in [9.17, 15) is 4.79 Å². The molecule has 2 rings (SSSR count). The third-order valence-corrected chi connectivity index (χ3v) is 3.62. The molecule has 2 aliphatic heterocycles. The lowest BCUT2D eigenvalue weighted by atomic mass is 9.93. The van der Waals surface area contributed by atoms with Gasteiger partial charge in [0.05, 0.1) is 5.54 Å². The summed E-state index contributed by atoms with van der Waals surface area (Å²) in [4.78, 5) is 11.0. The van der Waals surface area contributed by atoms with Crippen LogP contribution >= 0.6 is 11.8 Å². The molecule has 62 valence electrons. The number of carbonyl (C=O) groups is 1. The van der Waals surface area contributed by atoms with Crippen molar-refractivity contribution in [3.8, 4) is 0 Å². The van der Waals surface area contributed by atoms with E-state index in [1.165, 1.54) is 5.75 Å². The van der Waals surface area contributed by atoms with Crippen LogP contribution in [-0.4, -0.2) is 29.6 Å². The Morgan fingerprint density at radius 2 is 2.36 bits per heavy atom. The Labute approximate surface area is 70.3 Å². The second-order valence-electron chi connectivity index (χ2n) is 3.21. The molecule has 2 amide bonds. The topological polar surface area (TPSA) is 41.1 Å². The second kappa shape index (κ2) is 2.59. The Morgan fingerprint density at radius 1 is 1.45 bits per heavy atom. The van der Waals surface area contributed by atoms with Gasteiger partial charge in [0.2, 0.25) is 0 Å². The van der Waals surface area contributed by atoms with Gasteiger partial charge in [-0.3, -0.25) is 0 Å². The maximum atomic E-state index is 11.0. The van der Waals surface area contributed by atoms with E-state index in [0.717, 1.165) is 25.1 Å². The highest BCUT2D eigenvalue weighted by Crippen LogP contribution is 2.31. The lowest BCUT2D eigenvalue weighted by Crippen LogP contribution is -2.58. The maximum Gasteiger partial charge on any atom is 0.315 e. The van der Waals surface area contributed by atoms with E-state index < -0.39 is 0 Å². The van der Waals surface area contributed by atoms with Crippen LogP contribution in [0.2, 0.25) is 0 Å². The van der Waals surface area contributed by atoms with Crippen molar-refractivity contribution >= 4 is 17.8 Å². The van der Waals surface area contributed by atoms with Gasteiger partial charge in [-0.05, 0) is 18.6 Å². The standard InChI is InChI=1S/C7H12N2OS/c10-6-8-3-1-7(9-6)2-4-11-5-7/h1-5H2,(H2,8,9,10). The Hall–Kier alpha value is -0.380. The summed E-state index contributed by atoms with van der Waals surface area (Å²) in [5.74, 6) is 2.29. The van der Waals surface area contributed by atoms with Gasteiger partial charge in [-0.25, -0.2) is 4.79 Å². The molecule has 1 atom stereocenters. The summed E-state index contributed by atoms with van der Waals surface area (Å²) in [6.45, 7) is 0.840. The van der Waals surface area contributed by atoms with E-state index in [4.69, 9.17) is 0 Å². The number of thioether (sulfide) groups is 1. The third-order valence-electron chi connectivity index (χ3n) is 2.37. The van der Waals surface area contributed by atoms with Gasteiger partial charge in [0, 0.05) is 12.3 Å². The van der Waals surface area contributed by atoms with Crippen LogP contribution in [0.25, 0.3) is 0 Å². The van der Waals surface area contributed by atoms with Gasteiger partial charge in [-0.15, -0.1) is 0 Å². The number of carbonyl (C=O) groups excluding carboxylic acids is 1. The Balaban J connectivity index is 2.05. The molecule has 0 aromatic carbocycles. The summed E-state index contributed by atoms with van der Waals surface area (Å²) < 4.78 is 0. The first kappa shape index (κ1) is 7.28. The quantitative estimate of drug-likeness (QED) is 0.560. The monoisotopic (exact) mass is 172 g/mol. The molecular formula is C7H12N2OS. The molecule has 2 N–H and O–H groups in total. The minimum atomic E-state index is 0.0127. The van der Waals surface area contributed by atoms with Crippen LogP contribution in [0.3, 0.4) is 0 Å². The smallest absolute Gasteiger partial charge is 0.315 e. The van der Waals surface area contributed by atoms with Gasteiger partial charge in [0.25, 0.3) is 0 Å². The molecule has 4 heteroatoms. The van der Waals surface area contributed by atoms with Gasteiger partial charge in [-0.2, -0.15) is 11.8 Å². The molecule has 3 nitrogen and oxygen atoms in total. The average molecular weight is 172 g/mol. The van der Waals surface area contributed by atoms with Crippen molar-refractivity contribution < 1.29 is 4.79 Å². The second-order valence-corrected chi connectivity index (χ2v) is 4.32. The predicted molar refractivity (Wildman–Crippen MR) is 45.8 cm³/mol. The summed E-state index contributed by atoms with van der Waals surface area (Å²) in [6, 6.07) is 0.0127. The van der Waals surface area contributed by atoms with Gasteiger partial charge < -0.3 is 10.6 Å². The first-order valence-electron chi connectivity index (χ1n) is 3.95. The van der Waals surface area contributed by atoms with Crippen molar-refractivity contribution in [1.82, 2.24) is 10.6 Å². The lowest BCUT2D eigenvalue weighted by molar-refractivity contribution is 0.212. The molecular weight excluding hydrogens is 160 g/mol. The van der Waals surface area contributed by atoms with E-state index in [1.54, 1.807) is 0 Å². The maximum absolute atomic E-state index is 11.0. The molecule has 2 fully saturated rings. The van der Waals surface area contributed by atoms with Crippen LogP contribution in [0.1, 0.15) is 12.8 Å². The molecule has 0 aromatic heterocycles. The number of hydrogen-bond acceptors (Lipinski definition) is 2. The molecule has 0 radical (unpaired) electrons. The molecule has 11 heavy (non-hydrogen) atoms. The van der Waals surface area contributed by atoms with Crippen LogP contribution in [0.15, 0.2) is 0 Å². The molecule has 0 aromatic rings. The summed E-state index contributed by atoms with van der Waals surface area (Å²) in [5.41, 5.74) is 0.146. The number of urea groups is 1. The number of nitrogens with one attached hydrogen (secondary N) is 2. The van der Waals surface area contributed by atoms with Crippen LogP contribution in [0, 0.1) is 0 Å². The number of amides is 2. The molecule has 2 heterocycles. The fourth-order valence-corrected chi connectivity index (χ4v) is 3.10. The van der Waals surface area contributed by atoms with Gasteiger partial charge in [0.1, 0.15) is 0 Å². The first-order valence-corrected chi connectivity index (χ1v) is 5.10. The van der Waals surface area contributed by atoms with Crippen molar-refractivity contribution in [2.75, 3.05) is 18.1 Å². The predicted octanol–water partition coefficient (Wildman–Crippen LogP) is 0.565. The van der Waals surface area contributed by atoms with Crippen LogP contribution in [0.5, 0.6) is 0 Å². The van der Waals surface area contributed by atoms with Crippen LogP contribution < -0.4 is 10.6 Å². The van der Waals surface area contributed by atoms with Gasteiger partial charge in [-0.1, -0.05) is 0 Å². The minimum Gasteiger partial charge on any atom is -0.338 e. The van der Waals surface area contributed by atoms with Crippen LogP contribution in [-0.2, 0) is 0 Å². The normalized spacial score (nSPS) is 36.9. The average Bonchev–Trinajstić information content (AvgIpc) is 2.37. The largest absolute Gasteiger partial charge is 0.338 e. The summed E-state index contributed by atoms with van der Waals surface area (Å²) in [6.07, 6.45) is 2.23. The summed E-state index contributed by atoms with van der Waals surface area (Å²) in [5, 5.41) is 5.79. The highest BCUT2D eigenvalue weighted by Gasteiger charge is 2.37. The Morgan fingerprint density at radius 3 is 3.00 bits per heavy atom. The van der Waals surface area contributed by atoms with Gasteiger partial charge >= 0.3 is 6.03 Å². The van der Waals surface area contributed by atoms with E-state index in [-0.39, 0.29) is 11.6 Å². The lowest BCUT2D eigenvalue weighted by Gasteiger charge is -2.33. The van der Waals surface area contributed by atoms with Crippen molar-refractivity contribution in [2.45, 2.75) is 18.4 Å². The van der Waals surface area contributed by atoms with Crippen LogP contribution in [0.4, 0.5) is 4.79 Å². The van der Waals surface area contributed by atoms with Crippen molar-refractivity contribution in [3.63, 3.8) is 0 Å². The molecule has 0 aliphatic carbocycles. The van der Waals surface area contributed by atoms with Crippen molar-refractivity contribution in [2.24, 2.45) is 0 Å². The van der Waals surface area contributed by atoms with Gasteiger partial charge in [0.15, 0.2) is 0 Å². The molecule has 1 unspecified atom stereocenters. The summed E-state index contributed by atoms with van der Waals surface area (Å²) >= 11 is 1.94. The number of hydrogen-bond donors (Lipinski definition) is 2. The third kappa shape index (κ3) is 1.31. The van der Waals surface area contributed by atoms with Crippen molar-refractivity contribution in [3.05, 3.63) is 0 Å². The first-order chi connectivity index (χ1) is 5.31. The van der Waals surface area contributed by atoms with E-state index in [0.29, 0.717) is 0 Å². The Kier molecular flexibility index (Phi) is 1.71. The molecule has 2 aliphatic rings. The Bertz CT molecular complexity index is 177. The molecule has 2 saturated heterocycles. The molecule has 0 saturated carbocycles. The zero-order chi connectivity index (χ0) is 7.73. The summed E-state index contributed by atoms with van der Waals surface area (Å²) in [7, 11) is 0. The minimum absolute atomic E-state index is 0.0127. The van der Waals surface area contributed by atoms with E-state index >= 15 is 0 Å². The van der Waals surface area contributed by atoms with Crippen molar-refractivity contribution in [1.29, 1.82) is 0 Å². The SMILES string of the molecule is O=C1NCCC2(CCSC2)N1. The highest BCUT2D eigenvalue weighted by molar-refractivity contribution is 7.99. The molecule has 1 spiro atoms. The fraction of sp³-hybridized carbons (Fsp3) is 0.857. The fourth-order valence-electron chi connectivity index (χ4n) is 1.67. The zero-order valence-corrected chi connectivity index (χ0v) is 7.17. The number of rotatable bonds is 0.